The van der Waals surface area contributed by atoms with E-state index in [2.05, 4.69) is 19.1 Å². The van der Waals surface area contributed by atoms with Crippen LogP contribution in [0.25, 0.3) is 0 Å². The van der Waals surface area contributed by atoms with Crippen LogP contribution in [0, 0.1) is 11.8 Å². The maximum absolute atomic E-state index is 12.2. The van der Waals surface area contributed by atoms with Crippen LogP contribution < -0.4 is 0 Å². The molecule has 4 heteroatoms. The molecule has 3 atom stereocenters. The van der Waals surface area contributed by atoms with E-state index in [4.69, 9.17) is 5.11 Å². The number of carboxylic acids is 1. The number of likely N-dealkylation sites (tertiary alicyclic amines) is 1. The summed E-state index contributed by atoms with van der Waals surface area (Å²) in [6.07, 6.45) is 1.28. The first-order chi connectivity index (χ1) is 9.99. The molecule has 1 aliphatic rings. The molecule has 1 fully saturated rings. The van der Waals surface area contributed by atoms with Crippen LogP contribution in [0.1, 0.15) is 38.2 Å². The van der Waals surface area contributed by atoms with Crippen LogP contribution in [0.5, 0.6) is 0 Å². The number of hydrogen-bond donors (Lipinski definition) is 1. The third kappa shape index (κ3) is 3.84. The lowest BCUT2D eigenvalue weighted by Gasteiger charge is -2.18. The third-order valence-corrected chi connectivity index (χ3v) is 4.44. The van der Waals surface area contributed by atoms with Crippen molar-refractivity contribution in [3.63, 3.8) is 0 Å². The van der Waals surface area contributed by atoms with Crippen LogP contribution in [-0.4, -0.2) is 35.0 Å². The highest BCUT2D eigenvalue weighted by Crippen LogP contribution is 2.25. The van der Waals surface area contributed by atoms with Gasteiger partial charge in [-0.1, -0.05) is 44.2 Å². The first-order valence-electron chi connectivity index (χ1n) is 7.54. The summed E-state index contributed by atoms with van der Waals surface area (Å²) in [5.41, 5.74) is 1.24. The Hall–Kier alpha value is -1.84. The van der Waals surface area contributed by atoms with Crippen molar-refractivity contribution >= 4 is 11.9 Å². The maximum Gasteiger partial charge on any atom is 0.308 e. The average Bonchev–Trinajstić information content (AvgIpc) is 2.87. The molecule has 1 aromatic rings. The Balaban J connectivity index is 1.84. The fraction of sp³-hybridized carbons (Fsp3) is 0.529. The van der Waals surface area contributed by atoms with Gasteiger partial charge in [0.1, 0.15) is 0 Å². The van der Waals surface area contributed by atoms with Crippen LogP contribution in [0.4, 0.5) is 0 Å². The number of aliphatic carboxylic acids is 1. The van der Waals surface area contributed by atoms with Crippen LogP contribution in [0.2, 0.25) is 0 Å². The number of hydrogen-bond acceptors (Lipinski definition) is 2. The Morgan fingerprint density at radius 2 is 1.95 bits per heavy atom. The smallest absolute Gasteiger partial charge is 0.308 e. The third-order valence-electron chi connectivity index (χ3n) is 4.44. The van der Waals surface area contributed by atoms with Gasteiger partial charge in [0.15, 0.2) is 0 Å². The minimum Gasteiger partial charge on any atom is -0.481 e. The topological polar surface area (TPSA) is 57.6 Å². The first-order valence-corrected chi connectivity index (χ1v) is 7.54. The van der Waals surface area contributed by atoms with Gasteiger partial charge in [0, 0.05) is 19.5 Å². The van der Waals surface area contributed by atoms with Crippen molar-refractivity contribution in [2.24, 2.45) is 11.8 Å². The number of carbonyl (C=O) groups excluding carboxylic acids is 1. The zero-order valence-electron chi connectivity index (χ0n) is 12.7. The standard InChI is InChI=1S/C17H23NO3/c1-12(14-6-4-3-5-7-14)8-9-16(19)18-10-13(2)15(11-18)17(20)21/h3-7,12-13,15H,8-11H2,1-2H3,(H,20,21)/t12?,13-,15-/m1/s1. The van der Waals surface area contributed by atoms with E-state index in [0.717, 1.165) is 6.42 Å². The second-order valence-electron chi connectivity index (χ2n) is 6.07. The minimum atomic E-state index is -0.796. The molecule has 0 aromatic heterocycles. The lowest BCUT2D eigenvalue weighted by Crippen LogP contribution is -2.29. The van der Waals surface area contributed by atoms with E-state index in [9.17, 15) is 9.59 Å². The van der Waals surface area contributed by atoms with Gasteiger partial charge in [-0.05, 0) is 23.8 Å². The Morgan fingerprint density at radius 1 is 1.29 bits per heavy atom. The monoisotopic (exact) mass is 289 g/mol. The molecular weight excluding hydrogens is 266 g/mol. The van der Waals surface area contributed by atoms with E-state index < -0.39 is 11.9 Å². The van der Waals surface area contributed by atoms with Gasteiger partial charge >= 0.3 is 5.97 Å². The van der Waals surface area contributed by atoms with Gasteiger partial charge in [-0.15, -0.1) is 0 Å². The molecule has 1 saturated heterocycles. The van der Waals surface area contributed by atoms with Crippen molar-refractivity contribution < 1.29 is 14.7 Å². The minimum absolute atomic E-state index is 0.0398. The van der Waals surface area contributed by atoms with Gasteiger partial charge in [0.2, 0.25) is 5.91 Å². The quantitative estimate of drug-likeness (QED) is 0.906. The summed E-state index contributed by atoms with van der Waals surface area (Å²) < 4.78 is 0. The summed E-state index contributed by atoms with van der Waals surface area (Å²) in [4.78, 5) is 25.0. The van der Waals surface area contributed by atoms with Crippen molar-refractivity contribution in [1.82, 2.24) is 4.90 Å². The molecular formula is C17H23NO3. The Kier molecular flexibility index (Phi) is 4.99. The molecule has 21 heavy (non-hydrogen) atoms. The normalized spacial score (nSPS) is 23.0. The molecule has 1 aliphatic heterocycles. The Bertz CT molecular complexity index is 500. The molecule has 114 valence electrons. The molecule has 0 radical (unpaired) electrons. The van der Waals surface area contributed by atoms with Crippen molar-refractivity contribution in [2.75, 3.05) is 13.1 Å². The number of benzene rings is 1. The average molecular weight is 289 g/mol. The summed E-state index contributed by atoms with van der Waals surface area (Å²) in [5.74, 6) is -0.757. The lowest BCUT2D eigenvalue weighted by atomic mass is 9.96. The van der Waals surface area contributed by atoms with E-state index in [1.807, 2.05) is 25.1 Å². The van der Waals surface area contributed by atoms with E-state index in [0.29, 0.717) is 25.4 Å². The molecule has 1 N–H and O–H groups in total. The highest BCUT2D eigenvalue weighted by molar-refractivity contribution is 5.79. The molecule has 1 amide bonds. The summed E-state index contributed by atoms with van der Waals surface area (Å²) in [7, 11) is 0. The SMILES string of the molecule is CC(CCC(=O)N1C[C@@H](C)[C@H](C(=O)O)C1)c1ccccc1. The number of carboxylic acid groups (broad SMARTS) is 1. The zero-order valence-corrected chi connectivity index (χ0v) is 12.7. The van der Waals surface area contributed by atoms with Gasteiger partial charge < -0.3 is 10.0 Å². The number of nitrogens with zero attached hydrogens (tertiary/aromatic N) is 1. The van der Waals surface area contributed by atoms with Gasteiger partial charge in [-0.25, -0.2) is 0 Å². The maximum atomic E-state index is 12.2. The number of amides is 1. The molecule has 1 unspecified atom stereocenters. The largest absolute Gasteiger partial charge is 0.481 e. The second-order valence-corrected chi connectivity index (χ2v) is 6.07. The summed E-state index contributed by atoms with van der Waals surface area (Å²) in [6.45, 7) is 4.94. The fourth-order valence-electron chi connectivity index (χ4n) is 2.94. The molecule has 0 bridgehead atoms. The highest BCUT2D eigenvalue weighted by Gasteiger charge is 2.36. The summed E-state index contributed by atoms with van der Waals surface area (Å²) in [6, 6.07) is 10.2. The fourth-order valence-corrected chi connectivity index (χ4v) is 2.94. The summed E-state index contributed by atoms with van der Waals surface area (Å²) in [5, 5.41) is 9.11. The van der Waals surface area contributed by atoms with Gasteiger partial charge in [-0.3, -0.25) is 9.59 Å². The molecule has 4 nitrogen and oxygen atoms in total. The van der Waals surface area contributed by atoms with Gasteiger partial charge in [-0.2, -0.15) is 0 Å². The van der Waals surface area contributed by atoms with Crippen LogP contribution in [0.15, 0.2) is 30.3 Å². The van der Waals surface area contributed by atoms with E-state index in [1.165, 1.54) is 5.56 Å². The van der Waals surface area contributed by atoms with Crippen molar-refractivity contribution in [3.05, 3.63) is 35.9 Å². The number of rotatable bonds is 5. The van der Waals surface area contributed by atoms with Crippen molar-refractivity contribution in [1.29, 1.82) is 0 Å². The molecule has 0 aliphatic carbocycles. The first kappa shape index (κ1) is 15.5. The second kappa shape index (κ2) is 6.74. The van der Waals surface area contributed by atoms with Crippen LogP contribution in [-0.2, 0) is 9.59 Å². The van der Waals surface area contributed by atoms with E-state index in [1.54, 1.807) is 4.90 Å². The lowest BCUT2D eigenvalue weighted by molar-refractivity contribution is -0.142. The molecule has 0 saturated carbocycles. The van der Waals surface area contributed by atoms with E-state index >= 15 is 0 Å². The molecule has 1 aromatic carbocycles. The Labute approximate surface area is 125 Å². The predicted octanol–water partition coefficient (Wildman–Crippen LogP) is 2.75. The van der Waals surface area contributed by atoms with E-state index in [-0.39, 0.29) is 11.8 Å². The predicted molar refractivity (Wildman–Crippen MR) is 81.0 cm³/mol. The molecule has 0 spiro atoms. The van der Waals surface area contributed by atoms with Gasteiger partial charge in [0.25, 0.3) is 0 Å². The van der Waals surface area contributed by atoms with Crippen molar-refractivity contribution in [2.45, 2.75) is 32.6 Å². The number of carbonyl (C=O) groups is 2. The van der Waals surface area contributed by atoms with Crippen molar-refractivity contribution in [3.8, 4) is 0 Å². The zero-order chi connectivity index (χ0) is 15.4. The molecule has 2 rings (SSSR count). The van der Waals surface area contributed by atoms with Gasteiger partial charge in [0.05, 0.1) is 5.92 Å². The van der Waals surface area contributed by atoms with Crippen LogP contribution >= 0.6 is 0 Å². The molecule has 1 heterocycles. The van der Waals surface area contributed by atoms with Crippen LogP contribution in [0.3, 0.4) is 0 Å². The highest BCUT2D eigenvalue weighted by atomic mass is 16.4. The summed E-state index contributed by atoms with van der Waals surface area (Å²) >= 11 is 0. The Morgan fingerprint density at radius 3 is 2.52 bits per heavy atom.